The molecule has 27 heavy (non-hydrogen) atoms. The Labute approximate surface area is 160 Å². The van der Waals surface area contributed by atoms with E-state index in [4.69, 9.17) is 9.15 Å². The van der Waals surface area contributed by atoms with Gasteiger partial charge in [0.1, 0.15) is 5.58 Å². The van der Waals surface area contributed by atoms with E-state index in [1.54, 1.807) is 6.26 Å². The zero-order valence-corrected chi connectivity index (χ0v) is 15.9. The van der Waals surface area contributed by atoms with Gasteiger partial charge in [-0.1, -0.05) is 0 Å². The Kier molecular flexibility index (Phi) is 4.66. The van der Waals surface area contributed by atoms with Gasteiger partial charge in [-0.25, -0.2) is 0 Å². The van der Waals surface area contributed by atoms with Crippen LogP contribution in [-0.4, -0.2) is 61.1 Å². The standard InChI is InChI=1S/C22H28N2O3/c25-22(24-8-6-23(7-9-24)14-19-5-2-10-26-19)13-18-15-27-21-12-17-4-1-3-16(17)11-20(18)21/h11-12,15,19H,1-10,13-14H2. The summed E-state index contributed by atoms with van der Waals surface area (Å²) in [7, 11) is 0. The molecule has 2 saturated heterocycles. The summed E-state index contributed by atoms with van der Waals surface area (Å²) in [5.41, 5.74) is 4.81. The van der Waals surface area contributed by atoms with Crippen molar-refractivity contribution >= 4 is 16.9 Å². The second kappa shape index (κ2) is 7.28. The van der Waals surface area contributed by atoms with E-state index >= 15 is 0 Å². The minimum Gasteiger partial charge on any atom is -0.464 e. The summed E-state index contributed by atoms with van der Waals surface area (Å²) in [5.74, 6) is 0.218. The minimum atomic E-state index is 0.218. The van der Waals surface area contributed by atoms with Crippen molar-refractivity contribution in [3.8, 4) is 0 Å². The maximum absolute atomic E-state index is 12.8. The highest BCUT2D eigenvalue weighted by molar-refractivity contribution is 5.88. The first-order chi connectivity index (χ1) is 13.3. The van der Waals surface area contributed by atoms with E-state index in [0.717, 1.165) is 68.7 Å². The first-order valence-electron chi connectivity index (χ1n) is 10.4. The van der Waals surface area contributed by atoms with Gasteiger partial charge < -0.3 is 14.1 Å². The van der Waals surface area contributed by atoms with Crippen LogP contribution < -0.4 is 0 Å². The third-order valence-electron chi connectivity index (χ3n) is 6.42. The SMILES string of the molecule is O=C(Cc1coc2cc3c(cc12)CCC3)N1CCN(CC2CCCO2)CC1. The Balaban J connectivity index is 1.20. The van der Waals surface area contributed by atoms with Gasteiger partial charge >= 0.3 is 0 Å². The van der Waals surface area contributed by atoms with Gasteiger partial charge in [-0.15, -0.1) is 0 Å². The second-order valence-electron chi connectivity index (χ2n) is 8.22. The number of benzene rings is 1. The van der Waals surface area contributed by atoms with Crippen LogP contribution in [0.1, 0.15) is 36.0 Å². The maximum Gasteiger partial charge on any atom is 0.227 e. The molecule has 3 aliphatic rings. The number of hydrogen-bond acceptors (Lipinski definition) is 4. The summed E-state index contributed by atoms with van der Waals surface area (Å²) in [6.07, 6.45) is 8.51. The van der Waals surface area contributed by atoms with Gasteiger partial charge in [-0.05, 0) is 55.4 Å². The van der Waals surface area contributed by atoms with Gasteiger partial charge in [-0.3, -0.25) is 9.69 Å². The summed E-state index contributed by atoms with van der Waals surface area (Å²) in [6.45, 7) is 5.45. The predicted octanol–water partition coefficient (Wildman–Crippen LogP) is 2.79. The molecule has 2 fully saturated rings. The summed E-state index contributed by atoms with van der Waals surface area (Å²) in [4.78, 5) is 17.3. The van der Waals surface area contributed by atoms with Crippen molar-refractivity contribution in [1.29, 1.82) is 0 Å². The average molecular weight is 368 g/mol. The monoisotopic (exact) mass is 368 g/mol. The number of nitrogens with zero attached hydrogens (tertiary/aromatic N) is 2. The van der Waals surface area contributed by atoms with Crippen molar-refractivity contribution in [2.45, 2.75) is 44.6 Å². The number of furan rings is 1. The Morgan fingerprint density at radius 1 is 1.07 bits per heavy atom. The first kappa shape index (κ1) is 17.3. The van der Waals surface area contributed by atoms with E-state index in [9.17, 15) is 4.79 Å². The lowest BCUT2D eigenvalue weighted by molar-refractivity contribution is -0.132. The van der Waals surface area contributed by atoms with E-state index < -0.39 is 0 Å². The molecule has 1 aliphatic carbocycles. The number of carbonyl (C=O) groups excluding carboxylic acids is 1. The minimum absolute atomic E-state index is 0.218. The predicted molar refractivity (Wildman–Crippen MR) is 104 cm³/mol. The van der Waals surface area contributed by atoms with Crippen LogP contribution in [0, 0.1) is 0 Å². The fraction of sp³-hybridized carbons (Fsp3) is 0.591. The van der Waals surface area contributed by atoms with E-state index in [1.165, 1.54) is 30.4 Å². The highest BCUT2D eigenvalue weighted by Gasteiger charge is 2.25. The summed E-state index contributed by atoms with van der Waals surface area (Å²) in [5, 5.41) is 1.13. The van der Waals surface area contributed by atoms with Crippen LogP contribution in [-0.2, 0) is 28.8 Å². The maximum atomic E-state index is 12.8. The Hall–Kier alpha value is -1.85. The molecule has 2 aliphatic heterocycles. The van der Waals surface area contributed by atoms with Crippen LogP contribution in [0.3, 0.4) is 0 Å². The molecule has 1 aromatic heterocycles. The highest BCUT2D eigenvalue weighted by Crippen LogP contribution is 2.30. The van der Waals surface area contributed by atoms with Crippen molar-refractivity contribution in [2.75, 3.05) is 39.3 Å². The van der Waals surface area contributed by atoms with Gasteiger partial charge in [0.05, 0.1) is 18.8 Å². The molecule has 5 rings (SSSR count). The normalized spacial score (nSPS) is 23.3. The topological polar surface area (TPSA) is 45.9 Å². The Morgan fingerprint density at radius 2 is 1.89 bits per heavy atom. The summed E-state index contributed by atoms with van der Waals surface area (Å²) >= 11 is 0. The smallest absolute Gasteiger partial charge is 0.227 e. The highest BCUT2D eigenvalue weighted by atomic mass is 16.5. The molecule has 1 amide bonds. The van der Waals surface area contributed by atoms with Crippen molar-refractivity contribution in [1.82, 2.24) is 9.80 Å². The lowest BCUT2D eigenvalue weighted by Gasteiger charge is -2.35. The van der Waals surface area contributed by atoms with Crippen molar-refractivity contribution in [3.63, 3.8) is 0 Å². The molecule has 0 spiro atoms. The molecular formula is C22H28N2O3. The molecule has 2 aromatic rings. The molecule has 0 bridgehead atoms. The number of carbonyl (C=O) groups is 1. The van der Waals surface area contributed by atoms with E-state index in [0.29, 0.717) is 12.5 Å². The van der Waals surface area contributed by atoms with Crippen molar-refractivity contribution in [3.05, 3.63) is 35.1 Å². The number of ether oxygens (including phenoxy) is 1. The zero-order valence-electron chi connectivity index (χ0n) is 15.9. The molecular weight excluding hydrogens is 340 g/mol. The van der Waals surface area contributed by atoms with Gasteiger partial charge in [-0.2, -0.15) is 0 Å². The fourth-order valence-electron chi connectivity index (χ4n) is 4.82. The zero-order chi connectivity index (χ0) is 18.2. The lowest BCUT2D eigenvalue weighted by Crippen LogP contribution is -2.50. The number of rotatable bonds is 4. The molecule has 1 aromatic carbocycles. The van der Waals surface area contributed by atoms with E-state index in [1.807, 2.05) is 4.90 Å². The number of piperazine rings is 1. The molecule has 0 N–H and O–H groups in total. The van der Waals surface area contributed by atoms with Gasteiger partial charge in [0.25, 0.3) is 0 Å². The lowest BCUT2D eigenvalue weighted by atomic mass is 10.0. The Bertz CT molecular complexity index is 829. The summed E-state index contributed by atoms with van der Waals surface area (Å²) < 4.78 is 11.5. The van der Waals surface area contributed by atoms with Crippen molar-refractivity contribution in [2.24, 2.45) is 0 Å². The van der Waals surface area contributed by atoms with Crippen LogP contribution in [0.2, 0.25) is 0 Å². The first-order valence-corrected chi connectivity index (χ1v) is 10.4. The van der Waals surface area contributed by atoms with E-state index in [-0.39, 0.29) is 5.91 Å². The number of amides is 1. The van der Waals surface area contributed by atoms with Crippen LogP contribution in [0.4, 0.5) is 0 Å². The Morgan fingerprint density at radius 3 is 2.67 bits per heavy atom. The molecule has 5 heteroatoms. The molecule has 5 nitrogen and oxygen atoms in total. The molecule has 144 valence electrons. The number of fused-ring (bicyclic) bond motifs is 2. The van der Waals surface area contributed by atoms with Gasteiger partial charge in [0.2, 0.25) is 5.91 Å². The molecule has 0 radical (unpaired) electrons. The largest absolute Gasteiger partial charge is 0.464 e. The van der Waals surface area contributed by atoms with Crippen LogP contribution >= 0.6 is 0 Å². The second-order valence-corrected chi connectivity index (χ2v) is 8.22. The molecule has 0 saturated carbocycles. The third kappa shape index (κ3) is 3.50. The fourth-order valence-corrected chi connectivity index (χ4v) is 4.82. The number of aryl methyl sites for hydroxylation is 2. The van der Waals surface area contributed by atoms with Crippen LogP contribution in [0.25, 0.3) is 11.0 Å². The quantitative estimate of drug-likeness (QED) is 0.833. The summed E-state index contributed by atoms with van der Waals surface area (Å²) in [6, 6.07) is 4.43. The number of hydrogen-bond donors (Lipinski definition) is 0. The molecule has 3 heterocycles. The van der Waals surface area contributed by atoms with Crippen LogP contribution in [0.15, 0.2) is 22.8 Å². The molecule has 1 atom stereocenters. The molecule has 1 unspecified atom stereocenters. The van der Waals surface area contributed by atoms with Gasteiger partial charge in [0.15, 0.2) is 0 Å². The van der Waals surface area contributed by atoms with Crippen LogP contribution in [0.5, 0.6) is 0 Å². The van der Waals surface area contributed by atoms with E-state index in [2.05, 4.69) is 17.0 Å². The third-order valence-corrected chi connectivity index (χ3v) is 6.42. The van der Waals surface area contributed by atoms with Crippen molar-refractivity contribution < 1.29 is 13.9 Å². The average Bonchev–Trinajstić information content (AvgIpc) is 3.42. The van der Waals surface area contributed by atoms with Gasteiger partial charge in [0, 0.05) is 50.3 Å².